The third-order valence-corrected chi connectivity index (χ3v) is 5.47. The lowest BCUT2D eigenvalue weighted by molar-refractivity contribution is 0.187. The smallest absolute Gasteiger partial charge is 0.202 e. The minimum atomic E-state index is 0.710. The van der Waals surface area contributed by atoms with Crippen LogP contribution in [0.5, 0.6) is 0 Å². The second kappa shape index (κ2) is 7.18. The summed E-state index contributed by atoms with van der Waals surface area (Å²) in [5.74, 6) is 4.77. The van der Waals surface area contributed by atoms with Gasteiger partial charge in [-0.25, -0.2) is 4.98 Å². The monoisotopic (exact) mass is 273 g/mol. The van der Waals surface area contributed by atoms with Gasteiger partial charge in [-0.1, -0.05) is 0 Å². The topological polar surface area (TPSA) is 39.1 Å². The molecule has 0 spiro atoms. The molecule has 0 radical (unpaired) electrons. The summed E-state index contributed by atoms with van der Waals surface area (Å²) in [5.41, 5.74) is 0. The predicted octanol–water partition coefficient (Wildman–Crippen LogP) is 1.79. The van der Waals surface area contributed by atoms with E-state index in [1.165, 1.54) is 17.3 Å². The van der Waals surface area contributed by atoms with E-state index in [2.05, 4.69) is 38.4 Å². The largest absolute Gasteiger partial charge is 0.383 e. The minimum absolute atomic E-state index is 0.710. The molecule has 1 aliphatic heterocycles. The lowest BCUT2D eigenvalue weighted by Gasteiger charge is -2.21. The molecule has 2 rings (SSSR count). The van der Waals surface area contributed by atoms with Crippen LogP contribution in [0.3, 0.4) is 0 Å². The Labute approximate surface area is 111 Å². The molecule has 0 bridgehead atoms. The van der Waals surface area contributed by atoms with Crippen molar-refractivity contribution in [1.29, 1.82) is 0 Å². The van der Waals surface area contributed by atoms with Crippen molar-refractivity contribution in [2.75, 3.05) is 42.8 Å². The van der Waals surface area contributed by atoms with E-state index in [1.54, 1.807) is 7.11 Å². The zero-order valence-electron chi connectivity index (χ0n) is 10.1. The van der Waals surface area contributed by atoms with Gasteiger partial charge in [0.2, 0.25) is 5.95 Å². The normalized spacial score (nSPS) is 20.4. The van der Waals surface area contributed by atoms with Gasteiger partial charge in [0.1, 0.15) is 0 Å². The van der Waals surface area contributed by atoms with E-state index in [0.29, 0.717) is 5.25 Å². The van der Waals surface area contributed by atoms with E-state index in [1.807, 2.05) is 12.4 Å². The molecule has 96 valence electrons. The Hall–Kier alpha value is -0.330. The van der Waals surface area contributed by atoms with Crippen LogP contribution in [0.15, 0.2) is 12.4 Å². The Morgan fingerprint density at radius 1 is 1.59 bits per heavy atom. The van der Waals surface area contributed by atoms with Crippen LogP contribution >= 0.6 is 23.5 Å². The van der Waals surface area contributed by atoms with Gasteiger partial charge in [0.15, 0.2) is 0 Å². The van der Waals surface area contributed by atoms with Crippen LogP contribution in [0, 0.1) is 0 Å². The molecular weight excluding hydrogens is 254 g/mol. The first-order valence-corrected chi connectivity index (χ1v) is 8.04. The van der Waals surface area contributed by atoms with Crippen molar-refractivity contribution >= 4 is 29.5 Å². The van der Waals surface area contributed by atoms with Crippen molar-refractivity contribution in [2.45, 2.75) is 11.8 Å². The lowest BCUT2D eigenvalue weighted by atomic mass is 10.4. The second-order valence-corrected chi connectivity index (χ2v) is 6.44. The number of methoxy groups -OCH3 is 1. The minimum Gasteiger partial charge on any atom is -0.383 e. The standard InChI is InChI=1S/C11H19N3OS2/c1-15-5-4-14-3-2-12-11(14)13-8-10-9-16-6-7-17-10/h2-3,10H,4-9H2,1H3,(H,12,13). The third kappa shape index (κ3) is 4.12. The molecule has 1 fully saturated rings. The number of imidazole rings is 1. The quantitative estimate of drug-likeness (QED) is 0.855. The van der Waals surface area contributed by atoms with Gasteiger partial charge in [-0.3, -0.25) is 0 Å². The summed E-state index contributed by atoms with van der Waals surface area (Å²) in [6, 6.07) is 0. The molecule has 2 heterocycles. The Bertz CT molecular complexity index is 326. The van der Waals surface area contributed by atoms with Crippen molar-refractivity contribution in [3.63, 3.8) is 0 Å². The summed E-state index contributed by atoms with van der Waals surface area (Å²) < 4.78 is 7.18. The van der Waals surface area contributed by atoms with Crippen molar-refractivity contribution < 1.29 is 4.74 Å². The maximum atomic E-state index is 5.08. The fourth-order valence-electron chi connectivity index (χ4n) is 1.71. The number of rotatable bonds is 6. The zero-order valence-corrected chi connectivity index (χ0v) is 11.7. The second-order valence-electron chi connectivity index (χ2n) is 3.89. The van der Waals surface area contributed by atoms with Gasteiger partial charge in [-0.15, -0.1) is 0 Å². The summed E-state index contributed by atoms with van der Waals surface area (Å²) in [5, 5.41) is 4.14. The molecule has 1 aromatic rings. The molecule has 0 saturated carbocycles. The third-order valence-electron chi connectivity index (χ3n) is 2.62. The number of aromatic nitrogens is 2. The highest BCUT2D eigenvalue weighted by atomic mass is 32.2. The summed E-state index contributed by atoms with van der Waals surface area (Å²) in [6.45, 7) is 2.58. The molecule has 1 saturated heterocycles. The highest BCUT2D eigenvalue weighted by molar-refractivity contribution is 8.06. The molecule has 0 aliphatic carbocycles. The Balaban J connectivity index is 1.79. The fraction of sp³-hybridized carbons (Fsp3) is 0.727. The summed E-state index contributed by atoms with van der Waals surface area (Å²) in [7, 11) is 1.72. The molecule has 1 atom stereocenters. The highest BCUT2D eigenvalue weighted by Crippen LogP contribution is 2.24. The number of thioether (sulfide) groups is 2. The lowest BCUT2D eigenvalue weighted by Crippen LogP contribution is -2.24. The number of hydrogen-bond acceptors (Lipinski definition) is 5. The Morgan fingerprint density at radius 2 is 2.53 bits per heavy atom. The van der Waals surface area contributed by atoms with Crippen LogP contribution in [0.4, 0.5) is 5.95 Å². The molecule has 1 aliphatic rings. The van der Waals surface area contributed by atoms with Crippen LogP contribution in [0.2, 0.25) is 0 Å². The highest BCUT2D eigenvalue weighted by Gasteiger charge is 2.14. The van der Waals surface area contributed by atoms with E-state index < -0.39 is 0 Å². The Morgan fingerprint density at radius 3 is 3.29 bits per heavy atom. The fourth-order valence-corrected chi connectivity index (χ4v) is 4.32. The van der Waals surface area contributed by atoms with Crippen LogP contribution in [0.1, 0.15) is 0 Å². The van der Waals surface area contributed by atoms with Crippen LogP contribution in [-0.4, -0.2) is 52.3 Å². The zero-order chi connectivity index (χ0) is 11.9. The molecule has 0 aromatic carbocycles. The van der Waals surface area contributed by atoms with Gasteiger partial charge in [-0.05, 0) is 0 Å². The number of nitrogens with one attached hydrogen (secondary N) is 1. The molecular formula is C11H19N3OS2. The molecule has 4 nitrogen and oxygen atoms in total. The van der Waals surface area contributed by atoms with Crippen molar-refractivity contribution in [3.8, 4) is 0 Å². The maximum absolute atomic E-state index is 5.08. The van der Waals surface area contributed by atoms with Gasteiger partial charge in [0, 0.05) is 55.1 Å². The van der Waals surface area contributed by atoms with Crippen LogP contribution in [0.25, 0.3) is 0 Å². The number of ether oxygens (including phenoxy) is 1. The first-order valence-electron chi connectivity index (χ1n) is 5.83. The molecule has 17 heavy (non-hydrogen) atoms. The molecule has 6 heteroatoms. The van der Waals surface area contributed by atoms with Crippen molar-refractivity contribution in [3.05, 3.63) is 12.4 Å². The first-order chi connectivity index (χ1) is 8.40. The van der Waals surface area contributed by atoms with E-state index in [-0.39, 0.29) is 0 Å². The summed E-state index contributed by atoms with van der Waals surface area (Å²) in [4.78, 5) is 4.33. The number of hydrogen-bond donors (Lipinski definition) is 1. The van der Waals surface area contributed by atoms with Crippen LogP contribution < -0.4 is 5.32 Å². The van der Waals surface area contributed by atoms with Gasteiger partial charge >= 0.3 is 0 Å². The predicted molar refractivity (Wildman–Crippen MR) is 76.2 cm³/mol. The van der Waals surface area contributed by atoms with Crippen LogP contribution in [-0.2, 0) is 11.3 Å². The number of nitrogens with zero attached hydrogens (tertiary/aromatic N) is 2. The van der Waals surface area contributed by atoms with Crippen molar-refractivity contribution in [1.82, 2.24) is 9.55 Å². The molecule has 1 aromatic heterocycles. The average Bonchev–Trinajstić information content (AvgIpc) is 2.82. The van der Waals surface area contributed by atoms with E-state index in [0.717, 1.165) is 25.6 Å². The van der Waals surface area contributed by atoms with E-state index in [4.69, 9.17) is 4.74 Å². The van der Waals surface area contributed by atoms with E-state index >= 15 is 0 Å². The summed E-state index contributed by atoms with van der Waals surface area (Å²) in [6.07, 6.45) is 3.82. The Kier molecular flexibility index (Phi) is 5.54. The first kappa shape index (κ1) is 13.1. The van der Waals surface area contributed by atoms with Gasteiger partial charge in [0.05, 0.1) is 6.61 Å². The maximum Gasteiger partial charge on any atom is 0.202 e. The van der Waals surface area contributed by atoms with Gasteiger partial charge in [0.25, 0.3) is 0 Å². The number of anilines is 1. The van der Waals surface area contributed by atoms with Gasteiger partial charge in [-0.2, -0.15) is 23.5 Å². The van der Waals surface area contributed by atoms with E-state index in [9.17, 15) is 0 Å². The molecule has 1 unspecified atom stereocenters. The molecule has 1 N–H and O–H groups in total. The average molecular weight is 273 g/mol. The molecule has 0 amide bonds. The SMILES string of the molecule is COCCn1ccnc1NCC1CSCCS1. The van der Waals surface area contributed by atoms with Crippen molar-refractivity contribution in [2.24, 2.45) is 0 Å². The summed E-state index contributed by atoms with van der Waals surface area (Å²) >= 11 is 4.11. The van der Waals surface area contributed by atoms with Gasteiger partial charge < -0.3 is 14.6 Å².